The summed E-state index contributed by atoms with van der Waals surface area (Å²) in [5.74, 6) is 2.50. The summed E-state index contributed by atoms with van der Waals surface area (Å²) in [6, 6.07) is 7.02. The van der Waals surface area contributed by atoms with Crippen molar-refractivity contribution in [2.75, 3.05) is 27.3 Å². The topological polar surface area (TPSA) is 21.7 Å². The Labute approximate surface area is 132 Å². The first-order valence-corrected chi connectivity index (χ1v) is 8.17. The van der Waals surface area contributed by atoms with Gasteiger partial charge in [0.15, 0.2) is 0 Å². The molecule has 0 unspecified atom stereocenters. The van der Waals surface area contributed by atoms with Crippen molar-refractivity contribution in [1.29, 1.82) is 0 Å². The fourth-order valence-electron chi connectivity index (χ4n) is 4.07. The highest BCUT2D eigenvalue weighted by atomic mass is 16.5. The van der Waals surface area contributed by atoms with E-state index in [4.69, 9.17) is 9.47 Å². The van der Waals surface area contributed by atoms with Crippen molar-refractivity contribution in [2.45, 2.75) is 31.2 Å². The first-order valence-electron chi connectivity index (χ1n) is 8.17. The van der Waals surface area contributed by atoms with Crippen LogP contribution in [0.25, 0.3) is 0 Å². The lowest BCUT2D eigenvalue weighted by atomic mass is 9.78. The van der Waals surface area contributed by atoms with E-state index >= 15 is 0 Å². The van der Waals surface area contributed by atoms with Crippen molar-refractivity contribution in [1.82, 2.24) is 4.90 Å². The molecule has 0 spiro atoms. The molecular formula is C19H23NO2. The van der Waals surface area contributed by atoms with Gasteiger partial charge in [0, 0.05) is 12.5 Å². The van der Waals surface area contributed by atoms with E-state index in [0.29, 0.717) is 12.0 Å². The van der Waals surface area contributed by atoms with Gasteiger partial charge in [-0.1, -0.05) is 12.1 Å². The van der Waals surface area contributed by atoms with E-state index in [9.17, 15) is 0 Å². The van der Waals surface area contributed by atoms with Gasteiger partial charge in [0.05, 0.1) is 13.2 Å². The number of ether oxygens (including phenoxy) is 2. The van der Waals surface area contributed by atoms with Crippen molar-refractivity contribution in [3.8, 4) is 5.75 Å². The highest BCUT2D eigenvalue weighted by molar-refractivity contribution is 5.47. The lowest BCUT2D eigenvalue weighted by Gasteiger charge is -2.39. The van der Waals surface area contributed by atoms with E-state index in [1.807, 2.05) is 0 Å². The molecule has 0 bridgehead atoms. The number of likely N-dealkylation sites (N-methyl/N-ethyl adjacent to an activating group) is 1. The Balaban J connectivity index is 1.88. The number of allylic oxidation sites excluding steroid dienone is 2. The molecule has 2 heterocycles. The molecule has 0 N–H and O–H groups in total. The number of benzene rings is 1. The molecule has 116 valence electrons. The first-order chi connectivity index (χ1) is 10.8. The predicted molar refractivity (Wildman–Crippen MR) is 87.2 cm³/mol. The van der Waals surface area contributed by atoms with Gasteiger partial charge in [-0.15, -0.1) is 0 Å². The Morgan fingerprint density at radius 2 is 2.18 bits per heavy atom. The average Bonchev–Trinajstić information content (AvgIpc) is 2.72. The molecular weight excluding hydrogens is 274 g/mol. The summed E-state index contributed by atoms with van der Waals surface area (Å²) in [5.41, 5.74) is 4.38. The van der Waals surface area contributed by atoms with Crippen LogP contribution in [-0.4, -0.2) is 38.3 Å². The first kappa shape index (κ1) is 13.9. The summed E-state index contributed by atoms with van der Waals surface area (Å²) < 4.78 is 11.6. The predicted octanol–water partition coefficient (Wildman–Crippen LogP) is 3.27. The Morgan fingerprint density at radius 1 is 1.27 bits per heavy atom. The zero-order valence-corrected chi connectivity index (χ0v) is 13.3. The number of rotatable bonds is 1. The van der Waals surface area contributed by atoms with Crippen LogP contribution in [0.5, 0.6) is 5.75 Å². The van der Waals surface area contributed by atoms with E-state index in [2.05, 4.69) is 42.3 Å². The van der Waals surface area contributed by atoms with Crippen LogP contribution in [0.2, 0.25) is 0 Å². The van der Waals surface area contributed by atoms with Crippen LogP contribution < -0.4 is 4.74 Å². The number of nitrogens with zero attached hydrogens (tertiary/aromatic N) is 1. The second-order valence-corrected chi connectivity index (χ2v) is 6.48. The monoisotopic (exact) mass is 297 g/mol. The minimum Gasteiger partial charge on any atom is -0.497 e. The minimum atomic E-state index is 0.429. The van der Waals surface area contributed by atoms with Gasteiger partial charge in [0.1, 0.15) is 18.1 Å². The average molecular weight is 297 g/mol. The smallest absolute Gasteiger partial charge is 0.119 e. The molecule has 1 aromatic rings. The summed E-state index contributed by atoms with van der Waals surface area (Å²) >= 11 is 0. The van der Waals surface area contributed by atoms with E-state index in [-0.39, 0.29) is 0 Å². The third-order valence-electron chi connectivity index (χ3n) is 5.32. The van der Waals surface area contributed by atoms with Crippen LogP contribution >= 0.6 is 0 Å². The second kappa shape index (κ2) is 5.47. The Hall–Kier alpha value is -1.74. The molecule has 1 aliphatic carbocycles. The minimum absolute atomic E-state index is 0.429. The summed E-state index contributed by atoms with van der Waals surface area (Å²) in [7, 11) is 3.98. The van der Waals surface area contributed by atoms with Gasteiger partial charge in [0.2, 0.25) is 0 Å². The van der Waals surface area contributed by atoms with Crippen LogP contribution in [0.15, 0.2) is 41.7 Å². The lowest BCUT2D eigenvalue weighted by Crippen LogP contribution is -2.43. The number of methoxy groups -OCH3 is 1. The summed E-state index contributed by atoms with van der Waals surface area (Å²) in [5, 5.41) is 0. The van der Waals surface area contributed by atoms with Gasteiger partial charge in [-0.2, -0.15) is 0 Å². The summed E-state index contributed by atoms with van der Waals surface area (Å²) in [6.45, 7) is 1.86. The fraction of sp³-hybridized carbons (Fsp3) is 0.474. The van der Waals surface area contributed by atoms with E-state index in [1.165, 1.54) is 16.7 Å². The molecule has 3 aliphatic rings. The molecule has 2 aliphatic heterocycles. The van der Waals surface area contributed by atoms with Gasteiger partial charge in [-0.3, -0.25) is 4.90 Å². The maximum atomic E-state index is 6.07. The molecule has 0 saturated heterocycles. The molecule has 0 fully saturated rings. The zero-order valence-electron chi connectivity index (χ0n) is 13.3. The molecule has 4 rings (SSSR count). The quantitative estimate of drug-likeness (QED) is 0.794. The van der Waals surface area contributed by atoms with Crippen molar-refractivity contribution < 1.29 is 9.47 Å². The van der Waals surface area contributed by atoms with Crippen molar-refractivity contribution in [3.05, 3.63) is 52.8 Å². The SMILES string of the molecule is COc1ccc2c(c1)[C@@H]1C3=C(C=CCC3)OC[C@H]1N(C)CC2. The summed E-state index contributed by atoms with van der Waals surface area (Å²) in [6.07, 6.45) is 7.72. The van der Waals surface area contributed by atoms with Crippen molar-refractivity contribution >= 4 is 0 Å². The highest BCUT2D eigenvalue weighted by Crippen LogP contribution is 2.44. The molecule has 3 heteroatoms. The Kier molecular flexibility index (Phi) is 3.45. The van der Waals surface area contributed by atoms with Crippen LogP contribution in [0.4, 0.5) is 0 Å². The number of fused-ring (bicyclic) bond motifs is 4. The van der Waals surface area contributed by atoms with Gasteiger partial charge >= 0.3 is 0 Å². The number of hydrogen-bond donors (Lipinski definition) is 0. The largest absolute Gasteiger partial charge is 0.497 e. The van der Waals surface area contributed by atoms with Crippen LogP contribution in [0, 0.1) is 0 Å². The Morgan fingerprint density at radius 3 is 3.05 bits per heavy atom. The van der Waals surface area contributed by atoms with E-state index in [0.717, 1.165) is 43.9 Å². The van der Waals surface area contributed by atoms with Crippen LogP contribution in [0.1, 0.15) is 29.9 Å². The molecule has 0 saturated carbocycles. The lowest BCUT2D eigenvalue weighted by molar-refractivity contribution is 0.0893. The molecule has 0 aromatic heterocycles. The van der Waals surface area contributed by atoms with Crippen molar-refractivity contribution in [3.63, 3.8) is 0 Å². The second-order valence-electron chi connectivity index (χ2n) is 6.48. The van der Waals surface area contributed by atoms with Gasteiger partial charge in [0.25, 0.3) is 0 Å². The normalized spacial score (nSPS) is 27.4. The van der Waals surface area contributed by atoms with E-state index < -0.39 is 0 Å². The Bertz CT molecular complexity index is 647. The van der Waals surface area contributed by atoms with Crippen molar-refractivity contribution in [2.24, 2.45) is 0 Å². The molecule has 2 atom stereocenters. The standard InChI is InChI=1S/C19H23NO2/c1-20-10-9-13-7-8-14(21-2)11-16(13)19-15-5-3-4-6-18(15)22-12-17(19)20/h4,6-8,11,17,19H,3,5,9-10,12H2,1-2H3/t17-,19+/m1/s1. The molecule has 3 nitrogen and oxygen atoms in total. The van der Waals surface area contributed by atoms with Gasteiger partial charge in [-0.05, 0) is 61.2 Å². The molecule has 1 aromatic carbocycles. The summed E-state index contributed by atoms with van der Waals surface area (Å²) in [4.78, 5) is 2.47. The maximum Gasteiger partial charge on any atom is 0.119 e. The third-order valence-corrected chi connectivity index (χ3v) is 5.32. The third kappa shape index (κ3) is 2.15. The van der Waals surface area contributed by atoms with Crippen LogP contribution in [0.3, 0.4) is 0 Å². The maximum absolute atomic E-state index is 6.07. The zero-order chi connectivity index (χ0) is 15.1. The highest BCUT2D eigenvalue weighted by Gasteiger charge is 2.39. The van der Waals surface area contributed by atoms with E-state index in [1.54, 1.807) is 7.11 Å². The fourth-order valence-corrected chi connectivity index (χ4v) is 4.07. The molecule has 0 radical (unpaired) electrons. The van der Waals surface area contributed by atoms with Crippen LogP contribution in [-0.2, 0) is 11.2 Å². The van der Waals surface area contributed by atoms with Gasteiger partial charge < -0.3 is 9.47 Å². The number of hydrogen-bond acceptors (Lipinski definition) is 3. The van der Waals surface area contributed by atoms with Gasteiger partial charge in [-0.25, -0.2) is 0 Å². The molecule has 22 heavy (non-hydrogen) atoms. The molecule has 0 amide bonds.